The lowest BCUT2D eigenvalue weighted by Gasteiger charge is -2.31. The Hall–Kier alpha value is -2.39. The number of carbonyl (C=O) groups excluding carboxylic acids is 3. The molecule has 1 fully saturated rings. The standard InChI is InChI=1S/C19H33N5O5/c1-4-5-6-8-14(11-16(25)22-23-29)18(26)21-17(13(2)3)19(27)24-10-7-9-15(24)12-20-28/h13-15,17H,4-12H2,1-3H3,(H,21,26)(H,22,25,29). The summed E-state index contributed by atoms with van der Waals surface area (Å²) in [6.07, 6.45) is 4.46. The highest BCUT2D eigenvalue weighted by molar-refractivity contribution is 5.91. The lowest BCUT2D eigenvalue weighted by atomic mass is 9.94. The van der Waals surface area contributed by atoms with Gasteiger partial charge in [-0.25, -0.2) is 5.43 Å². The van der Waals surface area contributed by atoms with Gasteiger partial charge in [0, 0.05) is 18.9 Å². The quantitative estimate of drug-likeness (QED) is 0.272. The van der Waals surface area contributed by atoms with Crippen molar-refractivity contribution in [1.82, 2.24) is 15.6 Å². The summed E-state index contributed by atoms with van der Waals surface area (Å²) >= 11 is 0. The molecule has 3 amide bonds. The first-order chi connectivity index (χ1) is 13.8. The van der Waals surface area contributed by atoms with Gasteiger partial charge >= 0.3 is 0 Å². The van der Waals surface area contributed by atoms with Crippen LogP contribution in [0.1, 0.15) is 65.7 Å². The van der Waals surface area contributed by atoms with Crippen molar-refractivity contribution < 1.29 is 14.4 Å². The molecule has 10 heteroatoms. The molecule has 29 heavy (non-hydrogen) atoms. The molecule has 1 rings (SSSR count). The maximum atomic E-state index is 13.0. The maximum Gasteiger partial charge on any atom is 0.245 e. The van der Waals surface area contributed by atoms with Gasteiger partial charge in [-0.1, -0.05) is 45.2 Å². The van der Waals surface area contributed by atoms with Crippen LogP contribution in [0.25, 0.3) is 0 Å². The van der Waals surface area contributed by atoms with Gasteiger partial charge in [0.1, 0.15) is 12.6 Å². The summed E-state index contributed by atoms with van der Waals surface area (Å²) in [7, 11) is 0. The second kappa shape index (κ2) is 12.9. The predicted molar refractivity (Wildman–Crippen MR) is 108 cm³/mol. The van der Waals surface area contributed by atoms with E-state index in [0.29, 0.717) is 13.0 Å². The Balaban J connectivity index is 2.87. The Morgan fingerprint density at radius 2 is 1.90 bits per heavy atom. The molecule has 0 aromatic rings. The van der Waals surface area contributed by atoms with E-state index in [1.807, 2.05) is 26.2 Å². The van der Waals surface area contributed by atoms with E-state index < -0.39 is 23.8 Å². The molecule has 3 atom stereocenters. The molecule has 2 N–H and O–H groups in total. The summed E-state index contributed by atoms with van der Waals surface area (Å²) in [5.74, 6) is -2.06. The van der Waals surface area contributed by atoms with E-state index in [1.54, 1.807) is 4.90 Å². The SMILES string of the molecule is CCCCCC(CC(=O)NN=O)C(=O)NC(C(=O)N1CCCC1CN=O)C(C)C. The van der Waals surface area contributed by atoms with Gasteiger partial charge in [0.2, 0.25) is 17.7 Å². The topological polar surface area (TPSA) is 137 Å². The number of nitrogens with one attached hydrogen (secondary N) is 2. The summed E-state index contributed by atoms with van der Waals surface area (Å²) in [5.41, 5.74) is 1.82. The van der Waals surface area contributed by atoms with Crippen LogP contribution in [0.5, 0.6) is 0 Å². The molecule has 0 aromatic carbocycles. The zero-order valence-corrected chi connectivity index (χ0v) is 17.6. The lowest BCUT2D eigenvalue weighted by Crippen LogP contribution is -2.54. The number of rotatable bonds is 13. The van der Waals surface area contributed by atoms with Crippen molar-refractivity contribution in [3.63, 3.8) is 0 Å². The summed E-state index contributed by atoms with van der Waals surface area (Å²) < 4.78 is 0. The van der Waals surface area contributed by atoms with Crippen molar-refractivity contribution >= 4 is 17.7 Å². The van der Waals surface area contributed by atoms with Crippen LogP contribution < -0.4 is 10.7 Å². The normalized spacial score (nSPS) is 18.2. The monoisotopic (exact) mass is 411 g/mol. The summed E-state index contributed by atoms with van der Waals surface area (Å²) in [5, 5.41) is 8.09. The molecule has 0 aromatic heterocycles. The molecule has 1 heterocycles. The minimum Gasteiger partial charge on any atom is -0.344 e. The van der Waals surface area contributed by atoms with Crippen LogP contribution in [-0.2, 0) is 14.4 Å². The number of likely N-dealkylation sites (tertiary alicyclic amines) is 1. The lowest BCUT2D eigenvalue weighted by molar-refractivity contribution is -0.139. The summed E-state index contributed by atoms with van der Waals surface area (Å²) in [4.78, 5) is 60.2. The van der Waals surface area contributed by atoms with Gasteiger partial charge in [-0.3, -0.25) is 14.4 Å². The fourth-order valence-corrected chi connectivity index (χ4v) is 3.65. The third kappa shape index (κ3) is 7.86. The van der Waals surface area contributed by atoms with Gasteiger partial charge in [0.25, 0.3) is 0 Å². The number of nitrogens with zero attached hydrogens (tertiary/aromatic N) is 3. The fourth-order valence-electron chi connectivity index (χ4n) is 3.65. The van der Waals surface area contributed by atoms with E-state index in [9.17, 15) is 24.2 Å². The van der Waals surface area contributed by atoms with E-state index in [-0.39, 0.29) is 30.8 Å². The van der Waals surface area contributed by atoms with Crippen molar-refractivity contribution in [2.75, 3.05) is 13.1 Å². The molecule has 0 aliphatic carbocycles. The molecule has 0 spiro atoms. The third-order valence-electron chi connectivity index (χ3n) is 5.31. The second-order valence-electron chi connectivity index (χ2n) is 7.89. The van der Waals surface area contributed by atoms with E-state index >= 15 is 0 Å². The first-order valence-electron chi connectivity index (χ1n) is 10.4. The molecular formula is C19H33N5O5. The third-order valence-corrected chi connectivity index (χ3v) is 5.31. The molecule has 1 aliphatic heterocycles. The van der Waals surface area contributed by atoms with Crippen molar-refractivity contribution in [2.24, 2.45) is 22.3 Å². The van der Waals surface area contributed by atoms with Crippen molar-refractivity contribution in [3.8, 4) is 0 Å². The van der Waals surface area contributed by atoms with Gasteiger partial charge in [0.15, 0.2) is 0 Å². The van der Waals surface area contributed by atoms with E-state index in [1.165, 1.54) is 0 Å². The Morgan fingerprint density at radius 3 is 2.48 bits per heavy atom. The number of carbonyl (C=O) groups is 3. The van der Waals surface area contributed by atoms with E-state index in [4.69, 9.17) is 0 Å². The number of hydrogen-bond donors (Lipinski definition) is 2. The highest BCUT2D eigenvalue weighted by Crippen LogP contribution is 2.21. The molecule has 1 saturated heterocycles. The van der Waals surface area contributed by atoms with E-state index in [0.717, 1.165) is 32.1 Å². The smallest absolute Gasteiger partial charge is 0.245 e. The second-order valence-corrected chi connectivity index (χ2v) is 7.89. The van der Waals surface area contributed by atoms with Crippen LogP contribution in [0, 0.1) is 21.6 Å². The number of nitroso groups, excluding NO2 is 2. The van der Waals surface area contributed by atoms with Crippen LogP contribution >= 0.6 is 0 Å². The Kier molecular flexibility index (Phi) is 11.0. The Morgan fingerprint density at radius 1 is 1.17 bits per heavy atom. The summed E-state index contributed by atoms with van der Waals surface area (Å²) in [6.45, 7) is 6.28. The van der Waals surface area contributed by atoms with Gasteiger partial charge in [0.05, 0.1) is 11.3 Å². The number of amides is 3. The van der Waals surface area contributed by atoms with Gasteiger partial charge in [-0.2, -0.15) is 4.91 Å². The number of unbranched alkanes of at least 4 members (excludes halogenated alkanes) is 2. The molecule has 164 valence electrons. The molecule has 10 nitrogen and oxygen atoms in total. The van der Waals surface area contributed by atoms with Crippen molar-refractivity contribution in [2.45, 2.75) is 77.8 Å². The van der Waals surface area contributed by atoms with Crippen molar-refractivity contribution in [3.05, 3.63) is 9.81 Å². The Bertz CT molecular complexity index is 583. The molecule has 0 saturated carbocycles. The molecule has 0 radical (unpaired) electrons. The molecule has 1 aliphatic rings. The minimum atomic E-state index is -0.754. The Labute approximate surface area is 171 Å². The van der Waals surface area contributed by atoms with Crippen molar-refractivity contribution in [1.29, 1.82) is 0 Å². The molecular weight excluding hydrogens is 378 g/mol. The number of hydrogen-bond acceptors (Lipinski definition) is 7. The van der Waals surface area contributed by atoms with Gasteiger partial charge in [-0.15, -0.1) is 4.91 Å². The first kappa shape index (κ1) is 24.6. The van der Waals surface area contributed by atoms with Crippen LogP contribution in [0.4, 0.5) is 0 Å². The van der Waals surface area contributed by atoms with Crippen LogP contribution in [-0.4, -0.2) is 47.8 Å². The fraction of sp³-hybridized carbons (Fsp3) is 0.842. The van der Waals surface area contributed by atoms with E-state index in [2.05, 4.69) is 15.8 Å². The average Bonchev–Trinajstić information content (AvgIpc) is 3.13. The zero-order valence-electron chi connectivity index (χ0n) is 17.6. The largest absolute Gasteiger partial charge is 0.344 e. The molecule has 0 bridgehead atoms. The van der Waals surface area contributed by atoms with Crippen LogP contribution in [0.2, 0.25) is 0 Å². The minimum absolute atomic E-state index is 0.0447. The predicted octanol–water partition coefficient (Wildman–Crippen LogP) is 2.27. The zero-order chi connectivity index (χ0) is 21.8. The highest BCUT2D eigenvalue weighted by atomic mass is 16.3. The van der Waals surface area contributed by atoms with Gasteiger partial charge in [-0.05, 0) is 25.2 Å². The van der Waals surface area contributed by atoms with Crippen LogP contribution in [0.3, 0.4) is 0 Å². The average molecular weight is 412 g/mol. The highest BCUT2D eigenvalue weighted by Gasteiger charge is 2.36. The summed E-state index contributed by atoms with van der Waals surface area (Å²) in [6, 6.07) is -0.987. The molecule has 3 unspecified atom stereocenters. The maximum absolute atomic E-state index is 13.0. The first-order valence-corrected chi connectivity index (χ1v) is 10.4. The van der Waals surface area contributed by atoms with Gasteiger partial charge < -0.3 is 10.2 Å². The van der Waals surface area contributed by atoms with Crippen LogP contribution in [0.15, 0.2) is 10.5 Å².